The zero-order chi connectivity index (χ0) is 12.4. The molecule has 0 unspecified atom stereocenters. The van der Waals surface area contributed by atoms with Crippen LogP contribution in [0.1, 0.15) is 34.6 Å². The number of aliphatic hydroxyl groups is 1. The Morgan fingerprint density at radius 3 is 1.87 bits per heavy atom. The third-order valence-electron chi connectivity index (χ3n) is 3.26. The van der Waals surface area contributed by atoms with E-state index in [2.05, 4.69) is 0 Å². The zero-order valence-corrected chi connectivity index (χ0v) is 11.3. The Balaban J connectivity index is 5.23. The van der Waals surface area contributed by atoms with E-state index in [0.29, 0.717) is 0 Å². The third kappa shape index (κ3) is 2.71. The highest BCUT2D eigenvalue weighted by molar-refractivity contribution is 7.89. The van der Waals surface area contributed by atoms with Gasteiger partial charge < -0.3 is 5.11 Å². The second-order valence-electron chi connectivity index (χ2n) is 4.73. The molecule has 15 heavy (non-hydrogen) atoms. The van der Waals surface area contributed by atoms with Crippen LogP contribution in [0.5, 0.6) is 0 Å². The highest BCUT2D eigenvalue weighted by Crippen LogP contribution is 2.27. The van der Waals surface area contributed by atoms with Gasteiger partial charge in [-0.05, 0) is 26.7 Å². The molecule has 0 aliphatic heterocycles. The highest BCUT2D eigenvalue weighted by atomic mass is 32.2. The lowest BCUT2D eigenvalue weighted by Gasteiger charge is -2.40. The molecule has 5 heteroatoms. The molecule has 0 aromatic rings. The summed E-state index contributed by atoms with van der Waals surface area (Å²) < 4.78 is 25.2. The Bertz CT molecular complexity index is 298. The van der Waals surface area contributed by atoms with Gasteiger partial charge in [-0.2, -0.15) is 4.31 Å². The van der Waals surface area contributed by atoms with Crippen molar-refractivity contribution in [2.45, 2.75) is 45.4 Å². The van der Waals surface area contributed by atoms with E-state index in [4.69, 9.17) is 0 Å². The number of sulfonamides is 1. The summed E-state index contributed by atoms with van der Waals surface area (Å²) in [5.74, 6) is 0.0565. The predicted molar refractivity (Wildman–Crippen MR) is 62.1 cm³/mol. The molecule has 1 atom stereocenters. The van der Waals surface area contributed by atoms with Gasteiger partial charge in [0.15, 0.2) is 0 Å². The van der Waals surface area contributed by atoms with Crippen LogP contribution in [0.4, 0.5) is 0 Å². The molecule has 0 spiro atoms. The Morgan fingerprint density at radius 2 is 1.67 bits per heavy atom. The quantitative estimate of drug-likeness (QED) is 0.778. The van der Waals surface area contributed by atoms with Gasteiger partial charge >= 0.3 is 0 Å². The summed E-state index contributed by atoms with van der Waals surface area (Å²) in [6, 6.07) is 0. The van der Waals surface area contributed by atoms with Crippen LogP contribution in [0.2, 0.25) is 0 Å². The number of hydrogen-bond acceptors (Lipinski definition) is 3. The van der Waals surface area contributed by atoms with Gasteiger partial charge in [-0.15, -0.1) is 0 Å². The van der Waals surface area contributed by atoms with Crippen LogP contribution in [0.25, 0.3) is 0 Å². The second-order valence-corrected chi connectivity index (χ2v) is 7.25. The molecule has 0 radical (unpaired) electrons. The van der Waals surface area contributed by atoms with Crippen molar-refractivity contribution in [3.8, 4) is 0 Å². The molecular weight excluding hydrogens is 214 g/mol. The van der Waals surface area contributed by atoms with Crippen molar-refractivity contribution in [1.29, 1.82) is 0 Å². The van der Waals surface area contributed by atoms with Crippen molar-refractivity contribution < 1.29 is 13.5 Å². The molecular formula is C10H23NO3S. The van der Waals surface area contributed by atoms with E-state index < -0.39 is 20.8 Å². The summed E-state index contributed by atoms with van der Waals surface area (Å²) in [5, 5.41) is 8.90. The second kappa shape index (κ2) is 4.80. The van der Waals surface area contributed by atoms with Gasteiger partial charge in [0.1, 0.15) is 0 Å². The average molecular weight is 237 g/mol. The first kappa shape index (κ1) is 14.9. The fourth-order valence-electron chi connectivity index (χ4n) is 1.25. The van der Waals surface area contributed by atoms with Gasteiger partial charge in [0.05, 0.1) is 17.4 Å². The van der Waals surface area contributed by atoms with Crippen molar-refractivity contribution in [2.75, 3.05) is 13.7 Å². The van der Waals surface area contributed by atoms with Crippen LogP contribution in [0, 0.1) is 5.92 Å². The SMILES string of the molecule is CC(C)[C@](C)(CO)N(C)S(=O)(=O)C(C)C. The van der Waals surface area contributed by atoms with Gasteiger partial charge in [-0.25, -0.2) is 8.42 Å². The summed E-state index contributed by atoms with van der Waals surface area (Å²) in [5.41, 5.74) is -0.733. The van der Waals surface area contributed by atoms with Crippen LogP contribution < -0.4 is 0 Å². The first-order valence-corrected chi connectivity index (χ1v) is 6.69. The van der Waals surface area contributed by atoms with Crippen molar-refractivity contribution in [1.82, 2.24) is 4.31 Å². The van der Waals surface area contributed by atoms with Gasteiger partial charge in [-0.1, -0.05) is 13.8 Å². The van der Waals surface area contributed by atoms with Crippen molar-refractivity contribution in [2.24, 2.45) is 5.92 Å². The summed E-state index contributed by atoms with van der Waals surface area (Å²) >= 11 is 0. The van der Waals surface area contributed by atoms with E-state index in [0.717, 1.165) is 0 Å². The predicted octanol–water partition coefficient (Wildman–Crippen LogP) is 1.06. The van der Waals surface area contributed by atoms with Crippen LogP contribution >= 0.6 is 0 Å². The molecule has 4 nitrogen and oxygen atoms in total. The normalized spacial score (nSPS) is 17.5. The summed E-state index contributed by atoms with van der Waals surface area (Å²) in [6.07, 6.45) is 0. The molecule has 92 valence electrons. The van der Waals surface area contributed by atoms with Crippen molar-refractivity contribution in [3.05, 3.63) is 0 Å². The monoisotopic (exact) mass is 237 g/mol. The van der Waals surface area contributed by atoms with E-state index in [1.54, 1.807) is 20.8 Å². The van der Waals surface area contributed by atoms with E-state index >= 15 is 0 Å². The summed E-state index contributed by atoms with van der Waals surface area (Å²) in [4.78, 5) is 0. The molecule has 0 rings (SSSR count). The standard InChI is InChI=1S/C10H23NO3S/c1-8(2)10(5,7-12)11(6)15(13,14)9(3)4/h8-9,12H,7H2,1-6H3/t10-/m0/s1. The molecule has 0 aromatic heterocycles. The molecule has 0 saturated carbocycles. The lowest BCUT2D eigenvalue weighted by molar-refractivity contribution is 0.0798. The summed E-state index contributed by atoms with van der Waals surface area (Å²) in [6.45, 7) is 8.68. The van der Waals surface area contributed by atoms with Crippen molar-refractivity contribution in [3.63, 3.8) is 0 Å². The van der Waals surface area contributed by atoms with Crippen LogP contribution in [-0.2, 0) is 10.0 Å². The van der Waals surface area contributed by atoms with Crippen LogP contribution in [0.15, 0.2) is 0 Å². The lowest BCUT2D eigenvalue weighted by Crippen LogP contribution is -2.55. The fourth-order valence-corrected chi connectivity index (χ4v) is 2.74. The van der Waals surface area contributed by atoms with Gasteiger partial charge in [-0.3, -0.25) is 0 Å². The largest absolute Gasteiger partial charge is 0.394 e. The number of rotatable bonds is 5. The smallest absolute Gasteiger partial charge is 0.216 e. The first-order chi connectivity index (χ1) is 6.60. The van der Waals surface area contributed by atoms with E-state index in [1.165, 1.54) is 11.4 Å². The van der Waals surface area contributed by atoms with Gasteiger partial charge in [0, 0.05) is 7.05 Å². The van der Waals surface area contributed by atoms with E-state index in [9.17, 15) is 13.5 Å². The molecule has 0 aliphatic rings. The Labute approximate surface area is 93.3 Å². The summed E-state index contributed by atoms with van der Waals surface area (Å²) in [7, 11) is -1.79. The third-order valence-corrected chi connectivity index (χ3v) is 5.63. The van der Waals surface area contributed by atoms with Crippen LogP contribution in [-0.4, -0.2) is 42.3 Å². The maximum atomic E-state index is 12.0. The number of aliphatic hydroxyl groups excluding tert-OH is 1. The topological polar surface area (TPSA) is 57.6 Å². The zero-order valence-electron chi connectivity index (χ0n) is 10.5. The average Bonchev–Trinajstić information content (AvgIpc) is 2.14. The Kier molecular flexibility index (Phi) is 4.76. The number of nitrogens with zero attached hydrogens (tertiary/aromatic N) is 1. The minimum Gasteiger partial charge on any atom is -0.394 e. The maximum absolute atomic E-state index is 12.0. The van der Waals surface area contributed by atoms with Crippen molar-refractivity contribution >= 4 is 10.0 Å². The Morgan fingerprint density at radius 1 is 1.27 bits per heavy atom. The molecule has 0 heterocycles. The molecule has 0 aliphatic carbocycles. The van der Waals surface area contributed by atoms with Gasteiger partial charge in [0.2, 0.25) is 10.0 Å². The van der Waals surface area contributed by atoms with E-state index in [1.807, 2.05) is 13.8 Å². The minimum atomic E-state index is -3.32. The minimum absolute atomic E-state index is 0.0565. The molecule has 0 amide bonds. The molecule has 1 N–H and O–H groups in total. The highest BCUT2D eigenvalue weighted by Gasteiger charge is 2.40. The fraction of sp³-hybridized carbons (Fsp3) is 1.00. The van der Waals surface area contributed by atoms with Gasteiger partial charge in [0.25, 0.3) is 0 Å². The lowest BCUT2D eigenvalue weighted by atomic mass is 9.90. The molecule has 0 aromatic carbocycles. The molecule has 0 saturated heterocycles. The first-order valence-electron chi connectivity index (χ1n) is 5.19. The van der Waals surface area contributed by atoms with E-state index in [-0.39, 0.29) is 12.5 Å². The molecule has 0 bridgehead atoms. The maximum Gasteiger partial charge on any atom is 0.216 e. The van der Waals surface area contributed by atoms with Crippen LogP contribution in [0.3, 0.4) is 0 Å². The molecule has 0 fully saturated rings. The number of hydrogen-bond donors (Lipinski definition) is 1. The number of likely N-dealkylation sites (N-methyl/N-ethyl adjacent to an activating group) is 1. The Hall–Kier alpha value is -0.130.